The van der Waals surface area contributed by atoms with E-state index < -0.39 is 0 Å². The molecule has 1 fully saturated rings. The number of rotatable bonds is 10. The number of pyridine rings is 1. The topological polar surface area (TPSA) is 72.9 Å². The Kier molecular flexibility index (Phi) is 13.6. The number of anilines is 1. The Morgan fingerprint density at radius 2 is 2.00 bits per heavy atom. The standard InChI is InChI=1S/C24H42N6O.HI/c1-6-8-9-20(7-2)17-26-24(27-18-23(31)29(4)5)28-21-12-14-30(15-13-21)22-11-10-19(3)16-25-22;/h10-11,16,20-21H,6-9,12-15,17-18H2,1-5H3,(H2,26,27,28);1H. The highest BCUT2D eigenvalue weighted by Gasteiger charge is 2.21. The minimum absolute atomic E-state index is 0. The third kappa shape index (κ3) is 9.92. The number of carbonyl (C=O) groups is 1. The molecule has 0 bridgehead atoms. The molecule has 0 spiro atoms. The van der Waals surface area contributed by atoms with E-state index in [1.54, 1.807) is 19.0 Å². The Bertz CT molecular complexity index is 686. The zero-order valence-electron chi connectivity index (χ0n) is 20.6. The molecule has 1 saturated heterocycles. The first-order valence-corrected chi connectivity index (χ1v) is 11.9. The van der Waals surface area contributed by atoms with Crippen LogP contribution in [0.25, 0.3) is 0 Å². The summed E-state index contributed by atoms with van der Waals surface area (Å²) in [5.74, 6) is 2.46. The lowest BCUT2D eigenvalue weighted by atomic mass is 9.99. The molecular weight excluding hydrogens is 515 g/mol. The van der Waals surface area contributed by atoms with Gasteiger partial charge in [-0.15, -0.1) is 24.0 Å². The van der Waals surface area contributed by atoms with Crippen LogP contribution < -0.4 is 15.5 Å². The summed E-state index contributed by atoms with van der Waals surface area (Å²) in [6, 6.07) is 4.57. The van der Waals surface area contributed by atoms with Crippen LogP contribution >= 0.6 is 24.0 Å². The lowest BCUT2D eigenvalue weighted by Gasteiger charge is -2.34. The molecule has 1 aliphatic rings. The Morgan fingerprint density at radius 3 is 2.56 bits per heavy atom. The van der Waals surface area contributed by atoms with E-state index in [-0.39, 0.29) is 36.4 Å². The highest BCUT2D eigenvalue weighted by Crippen LogP contribution is 2.18. The third-order valence-corrected chi connectivity index (χ3v) is 6.03. The van der Waals surface area contributed by atoms with Crippen molar-refractivity contribution in [1.29, 1.82) is 0 Å². The third-order valence-electron chi connectivity index (χ3n) is 6.03. The van der Waals surface area contributed by atoms with Crippen LogP contribution in [0.15, 0.2) is 23.3 Å². The first-order valence-electron chi connectivity index (χ1n) is 11.9. The van der Waals surface area contributed by atoms with Crippen LogP contribution in [0.4, 0.5) is 5.82 Å². The number of amides is 1. The monoisotopic (exact) mass is 558 g/mol. The molecule has 7 nitrogen and oxygen atoms in total. The number of guanidine groups is 1. The molecule has 1 unspecified atom stereocenters. The van der Waals surface area contributed by atoms with Gasteiger partial charge in [0.25, 0.3) is 0 Å². The number of hydrogen-bond donors (Lipinski definition) is 2. The molecule has 1 aromatic rings. The number of nitrogens with zero attached hydrogens (tertiary/aromatic N) is 4. The molecule has 8 heteroatoms. The molecule has 32 heavy (non-hydrogen) atoms. The number of likely N-dealkylation sites (N-methyl/N-ethyl adjacent to an activating group) is 1. The second-order valence-corrected chi connectivity index (χ2v) is 8.85. The maximum absolute atomic E-state index is 12.0. The Balaban J connectivity index is 0.00000512. The zero-order chi connectivity index (χ0) is 22.6. The molecule has 2 N–H and O–H groups in total. The van der Waals surface area contributed by atoms with E-state index in [0.717, 1.165) is 50.7 Å². The number of aryl methyl sites for hydroxylation is 1. The van der Waals surface area contributed by atoms with Gasteiger partial charge in [0.05, 0.1) is 0 Å². The normalized spacial score (nSPS) is 15.7. The first kappa shape index (κ1) is 28.5. The second kappa shape index (κ2) is 15.3. The lowest BCUT2D eigenvalue weighted by Crippen LogP contribution is -2.50. The van der Waals surface area contributed by atoms with Crippen molar-refractivity contribution in [2.75, 3.05) is 45.2 Å². The SMILES string of the molecule is CCCCC(CC)CNC(=NCC(=O)N(C)C)NC1CCN(c2ccc(C)cn2)CC1.I. The molecule has 1 amide bonds. The van der Waals surface area contributed by atoms with Crippen molar-refractivity contribution in [3.8, 4) is 0 Å². The summed E-state index contributed by atoms with van der Waals surface area (Å²) in [5, 5.41) is 7.10. The van der Waals surface area contributed by atoms with Crippen LogP contribution in [0, 0.1) is 12.8 Å². The molecule has 1 aliphatic heterocycles. The molecular formula is C24H43IN6O. The van der Waals surface area contributed by atoms with Crippen LogP contribution in [0.2, 0.25) is 0 Å². The van der Waals surface area contributed by atoms with Crippen LogP contribution in [0.5, 0.6) is 0 Å². The van der Waals surface area contributed by atoms with E-state index in [0.29, 0.717) is 12.0 Å². The lowest BCUT2D eigenvalue weighted by molar-refractivity contribution is -0.127. The van der Waals surface area contributed by atoms with E-state index in [1.807, 2.05) is 6.20 Å². The molecule has 1 atom stereocenters. The minimum atomic E-state index is 0. The maximum atomic E-state index is 12.0. The predicted octanol–water partition coefficient (Wildman–Crippen LogP) is 3.82. The second-order valence-electron chi connectivity index (χ2n) is 8.85. The van der Waals surface area contributed by atoms with E-state index >= 15 is 0 Å². The minimum Gasteiger partial charge on any atom is -0.356 e. The van der Waals surface area contributed by atoms with Crippen molar-refractivity contribution >= 4 is 41.7 Å². The van der Waals surface area contributed by atoms with Gasteiger partial charge in [-0.1, -0.05) is 39.2 Å². The molecule has 0 aliphatic carbocycles. The summed E-state index contributed by atoms with van der Waals surface area (Å²) in [6.45, 7) is 9.53. The molecule has 182 valence electrons. The van der Waals surface area contributed by atoms with E-state index in [4.69, 9.17) is 0 Å². The van der Waals surface area contributed by atoms with Crippen molar-refractivity contribution in [2.45, 2.75) is 65.3 Å². The molecule has 1 aromatic heterocycles. The number of nitrogens with one attached hydrogen (secondary N) is 2. The molecule has 2 heterocycles. The van der Waals surface area contributed by atoms with E-state index in [1.165, 1.54) is 24.8 Å². The highest BCUT2D eigenvalue weighted by atomic mass is 127. The average Bonchev–Trinajstić information content (AvgIpc) is 2.78. The van der Waals surface area contributed by atoms with E-state index in [9.17, 15) is 4.79 Å². The zero-order valence-corrected chi connectivity index (χ0v) is 22.9. The predicted molar refractivity (Wildman–Crippen MR) is 145 cm³/mol. The fraction of sp³-hybridized carbons (Fsp3) is 0.708. The van der Waals surface area contributed by atoms with Crippen molar-refractivity contribution < 1.29 is 4.79 Å². The van der Waals surface area contributed by atoms with Crippen molar-refractivity contribution in [2.24, 2.45) is 10.9 Å². The number of aromatic nitrogens is 1. The Hall–Kier alpha value is -1.58. The summed E-state index contributed by atoms with van der Waals surface area (Å²) in [4.78, 5) is 25.1. The van der Waals surface area contributed by atoms with Gasteiger partial charge in [-0.3, -0.25) is 4.79 Å². The molecule has 0 aromatic carbocycles. The highest BCUT2D eigenvalue weighted by molar-refractivity contribution is 14.0. The smallest absolute Gasteiger partial charge is 0.243 e. The summed E-state index contributed by atoms with van der Waals surface area (Å²) in [7, 11) is 3.54. The molecule has 2 rings (SSSR count). The van der Waals surface area contributed by atoms with E-state index in [2.05, 4.69) is 58.4 Å². The summed E-state index contributed by atoms with van der Waals surface area (Å²) < 4.78 is 0. The van der Waals surface area contributed by atoms with Gasteiger partial charge >= 0.3 is 0 Å². The summed E-state index contributed by atoms with van der Waals surface area (Å²) >= 11 is 0. The number of hydrogen-bond acceptors (Lipinski definition) is 4. The van der Waals surface area contributed by atoms with Gasteiger partial charge in [0, 0.05) is 46.0 Å². The van der Waals surface area contributed by atoms with Gasteiger partial charge in [-0.2, -0.15) is 0 Å². The van der Waals surface area contributed by atoms with Crippen LogP contribution in [0.1, 0.15) is 57.9 Å². The number of halogens is 1. The number of piperidine rings is 1. The summed E-state index contributed by atoms with van der Waals surface area (Å²) in [5.41, 5.74) is 1.18. The maximum Gasteiger partial charge on any atom is 0.243 e. The van der Waals surface area contributed by atoms with Gasteiger partial charge < -0.3 is 20.4 Å². The first-order chi connectivity index (χ1) is 14.9. The largest absolute Gasteiger partial charge is 0.356 e. The van der Waals surface area contributed by atoms with Crippen LogP contribution in [-0.4, -0.2) is 68.1 Å². The Morgan fingerprint density at radius 1 is 1.28 bits per heavy atom. The molecule has 0 radical (unpaired) electrons. The number of carbonyl (C=O) groups excluding carboxylic acids is 1. The number of aliphatic imine (C=N–C) groups is 1. The van der Waals surface area contributed by atoms with Gasteiger partial charge in [-0.25, -0.2) is 9.98 Å². The van der Waals surface area contributed by atoms with Crippen molar-refractivity contribution in [1.82, 2.24) is 20.5 Å². The van der Waals surface area contributed by atoms with Gasteiger partial charge in [0.1, 0.15) is 12.4 Å². The van der Waals surface area contributed by atoms with Crippen LogP contribution in [-0.2, 0) is 4.79 Å². The van der Waals surface area contributed by atoms with Gasteiger partial charge in [-0.05, 0) is 43.7 Å². The summed E-state index contributed by atoms with van der Waals surface area (Å²) in [6.07, 6.45) is 8.82. The molecule has 0 saturated carbocycles. The fourth-order valence-corrected chi connectivity index (χ4v) is 3.72. The van der Waals surface area contributed by atoms with Gasteiger partial charge in [0.15, 0.2) is 5.96 Å². The van der Waals surface area contributed by atoms with Gasteiger partial charge in [0.2, 0.25) is 5.91 Å². The average molecular weight is 559 g/mol. The Labute approximate surface area is 211 Å². The number of unbranched alkanes of at least 4 members (excludes halogenated alkanes) is 1. The van der Waals surface area contributed by atoms with Crippen LogP contribution in [0.3, 0.4) is 0 Å². The fourth-order valence-electron chi connectivity index (χ4n) is 3.72. The quantitative estimate of drug-likeness (QED) is 0.260. The van der Waals surface area contributed by atoms with Crippen molar-refractivity contribution in [3.63, 3.8) is 0 Å². The van der Waals surface area contributed by atoms with Crippen molar-refractivity contribution in [3.05, 3.63) is 23.9 Å².